The fourth-order valence-corrected chi connectivity index (χ4v) is 1.89. The van der Waals surface area contributed by atoms with Crippen LogP contribution in [0.5, 0.6) is 0 Å². The van der Waals surface area contributed by atoms with Gasteiger partial charge in [-0.1, -0.05) is 6.58 Å². The molecule has 0 aromatic carbocycles. The summed E-state index contributed by atoms with van der Waals surface area (Å²) in [7, 11) is -4.10. The SMILES string of the molecule is C=C(C)C(=O)NC(C)(C)CS(=O)(=O)O.[NaH]. The number of nitrogens with one attached hydrogen (secondary N) is 1. The van der Waals surface area contributed by atoms with E-state index in [1.807, 2.05) is 0 Å². The fraction of sp³-hybridized carbons (Fsp3) is 0.625. The third-order valence-electron chi connectivity index (χ3n) is 1.38. The van der Waals surface area contributed by atoms with Crippen molar-refractivity contribution in [2.45, 2.75) is 26.3 Å². The van der Waals surface area contributed by atoms with Crippen molar-refractivity contribution in [2.24, 2.45) is 0 Å². The first kappa shape index (κ1) is 17.5. The average molecular weight is 245 g/mol. The van der Waals surface area contributed by atoms with Crippen molar-refractivity contribution in [3.63, 3.8) is 0 Å². The number of carbonyl (C=O) groups is 1. The van der Waals surface area contributed by atoms with E-state index in [1.54, 1.807) is 0 Å². The second-order valence-corrected chi connectivity index (χ2v) is 5.30. The van der Waals surface area contributed by atoms with E-state index in [1.165, 1.54) is 20.8 Å². The van der Waals surface area contributed by atoms with Crippen molar-refractivity contribution < 1.29 is 17.8 Å². The van der Waals surface area contributed by atoms with Gasteiger partial charge in [-0.2, -0.15) is 8.42 Å². The van der Waals surface area contributed by atoms with Gasteiger partial charge < -0.3 is 5.32 Å². The maximum atomic E-state index is 11.2. The summed E-state index contributed by atoms with van der Waals surface area (Å²) in [6, 6.07) is 0. The zero-order valence-electron chi connectivity index (χ0n) is 8.49. The molecule has 15 heavy (non-hydrogen) atoms. The molecule has 5 nitrogen and oxygen atoms in total. The molecule has 0 aliphatic carbocycles. The first-order valence-corrected chi connectivity index (χ1v) is 5.57. The Balaban J connectivity index is 0. The molecular formula is C8H16NNaO4S. The van der Waals surface area contributed by atoms with Gasteiger partial charge in [-0.05, 0) is 20.8 Å². The van der Waals surface area contributed by atoms with Gasteiger partial charge in [-0.15, -0.1) is 0 Å². The van der Waals surface area contributed by atoms with Gasteiger partial charge in [0.1, 0.15) is 0 Å². The Labute approximate surface area is 112 Å². The van der Waals surface area contributed by atoms with Gasteiger partial charge in [-0.3, -0.25) is 9.35 Å². The molecule has 0 aliphatic rings. The maximum absolute atomic E-state index is 11.2. The van der Waals surface area contributed by atoms with Crippen LogP contribution in [0.2, 0.25) is 0 Å². The number of amides is 1. The van der Waals surface area contributed by atoms with E-state index < -0.39 is 27.3 Å². The first-order chi connectivity index (χ1) is 6.03. The number of hydrogen-bond donors (Lipinski definition) is 2. The molecule has 1 amide bonds. The molecule has 84 valence electrons. The second-order valence-electron chi connectivity index (χ2n) is 3.84. The van der Waals surface area contributed by atoms with Gasteiger partial charge in [0.2, 0.25) is 5.91 Å². The van der Waals surface area contributed by atoms with E-state index in [0.717, 1.165) is 0 Å². The molecule has 0 fully saturated rings. The van der Waals surface area contributed by atoms with Crippen LogP contribution in [0.3, 0.4) is 0 Å². The predicted octanol–water partition coefficient (Wildman–Crippen LogP) is -0.303. The topological polar surface area (TPSA) is 83.5 Å². The number of rotatable bonds is 4. The fourth-order valence-electron chi connectivity index (χ4n) is 0.906. The normalized spacial score (nSPS) is 11.5. The number of carbonyl (C=O) groups excluding carboxylic acids is 1. The Hall–Kier alpha value is 0.120. The molecule has 2 N–H and O–H groups in total. The number of hydrogen-bond acceptors (Lipinski definition) is 3. The molecular weight excluding hydrogens is 229 g/mol. The van der Waals surface area contributed by atoms with Crippen molar-refractivity contribution in [3.05, 3.63) is 12.2 Å². The van der Waals surface area contributed by atoms with E-state index in [-0.39, 0.29) is 35.1 Å². The van der Waals surface area contributed by atoms with Crippen LogP contribution in [0, 0.1) is 0 Å². The van der Waals surface area contributed by atoms with E-state index in [0.29, 0.717) is 0 Å². The van der Waals surface area contributed by atoms with Crippen LogP contribution < -0.4 is 5.32 Å². The molecule has 0 heterocycles. The summed E-state index contributed by atoms with van der Waals surface area (Å²) in [6.07, 6.45) is 0. The molecule has 0 bridgehead atoms. The summed E-state index contributed by atoms with van der Waals surface area (Å²) in [6.45, 7) is 7.93. The molecule has 0 saturated carbocycles. The van der Waals surface area contributed by atoms with E-state index >= 15 is 0 Å². The summed E-state index contributed by atoms with van der Waals surface area (Å²) < 4.78 is 29.8. The molecule has 0 rings (SSSR count). The predicted molar refractivity (Wildman–Crippen MR) is 60.6 cm³/mol. The zero-order chi connectivity index (χ0) is 11.6. The second kappa shape index (κ2) is 6.00. The molecule has 0 radical (unpaired) electrons. The molecule has 0 aromatic rings. The van der Waals surface area contributed by atoms with Crippen molar-refractivity contribution in [2.75, 3.05) is 5.75 Å². The van der Waals surface area contributed by atoms with Crippen LogP contribution in [-0.4, -0.2) is 59.7 Å². The van der Waals surface area contributed by atoms with Crippen molar-refractivity contribution in [1.29, 1.82) is 0 Å². The van der Waals surface area contributed by atoms with Gasteiger partial charge in [0.25, 0.3) is 10.1 Å². The van der Waals surface area contributed by atoms with E-state index in [9.17, 15) is 13.2 Å². The molecule has 7 heteroatoms. The van der Waals surface area contributed by atoms with Crippen LogP contribution in [0.25, 0.3) is 0 Å². The molecule has 0 spiro atoms. The van der Waals surface area contributed by atoms with E-state index in [4.69, 9.17) is 4.55 Å². The average Bonchev–Trinajstić information content (AvgIpc) is 1.78. The first-order valence-electron chi connectivity index (χ1n) is 3.97. The van der Waals surface area contributed by atoms with Gasteiger partial charge >= 0.3 is 29.6 Å². The summed E-state index contributed by atoms with van der Waals surface area (Å²) in [5.41, 5.74) is -0.725. The van der Waals surface area contributed by atoms with Gasteiger partial charge in [0.15, 0.2) is 0 Å². The standard InChI is InChI=1S/C8H15NO4S.Na.H/c1-6(2)7(10)9-8(3,4)5-14(11,12)13;;/h1,5H2,2-4H3,(H,9,10)(H,11,12,13);;. The molecule has 0 aromatic heterocycles. The van der Waals surface area contributed by atoms with Crippen molar-refractivity contribution in [1.82, 2.24) is 5.32 Å². The quantitative estimate of drug-likeness (QED) is 0.404. The minimum atomic E-state index is -4.10. The summed E-state index contributed by atoms with van der Waals surface area (Å²) in [5.74, 6) is -0.961. The summed E-state index contributed by atoms with van der Waals surface area (Å²) in [4.78, 5) is 11.2. The third-order valence-corrected chi connectivity index (χ3v) is 2.47. The minimum absolute atomic E-state index is 0. The van der Waals surface area contributed by atoms with E-state index in [2.05, 4.69) is 11.9 Å². The molecule has 0 aliphatic heterocycles. The van der Waals surface area contributed by atoms with Crippen LogP contribution >= 0.6 is 0 Å². The zero-order valence-corrected chi connectivity index (χ0v) is 9.31. The van der Waals surface area contributed by atoms with Gasteiger partial charge in [0.05, 0.1) is 11.3 Å². The van der Waals surface area contributed by atoms with Crippen LogP contribution in [0.1, 0.15) is 20.8 Å². The van der Waals surface area contributed by atoms with Gasteiger partial charge in [-0.25, -0.2) is 0 Å². The Bertz CT molecular complexity index is 348. The Kier molecular flexibility index (Phi) is 7.01. The monoisotopic (exact) mass is 245 g/mol. The van der Waals surface area contributed by atoms with Crippen LogP contribution in [0.4, 0.5) is 0 Å². The Morgan fingerprint density at radius 2 is 1.87 bits per heavy atom. The van der Waals surface area contributed by atoms with Gasteiger partial charge in [0, 0.05) is 5.57 Å². The van der Waals surface area contributed by atoms with Crippen molar-refractivity contribution in [3.8, 4) is 0 Å². The Morgan fingerprint density at radius 3 is 2.13 bits per heavy atom. The van der Waals surface area contributed by atoms with Crippen LogP contribution in [0.15, 0.2) is 12.2 Å². The van der Waals surface area contributed by atoms with Crippen LogP contribution in [-0.2, 0) is 14.9 Å². The van der Waals surface area contributed by atoms with Crippen molar-refractivity contribution >= 4 is 45.6 Å². The molecule has 0 unspecified atom stereocenters. The molecule has 0 atom stereocenters. The summed E-state index contributed by atoms with van der Waals surface area (Å²) in [5, 5.41) is 2.43. The molecule has 0 saturated heterocycles. The third kappa shape index (κ3) is 9.07. The Morgan fingerprint density at radius 1 is 1.47 bits per heavy atom. The summed E-state index contributed by atoms with van der Waals surface area (Å²) >= 11 is 0.